The SMILES string of the molecule is c1ccc2cc(-c3nc(-c4ccc5c(c4)sc4ccccc45)nc(-c4ccc(C5c6ccc7ccccc7c6-c6ccc7c8ccccc8c8ccccc8c7c65)c5ccccc45)n3)ccc2c1. The normalized spacial score (nSPS) is 13.4. The van der Waals surface area contributed by atoms with E-state index in [2.05, 4.69) is 218 Å². The molecule has 0 saturated heterocycles. The molecule has 0 saturated carbocycles. The van der Waals surface area contributed by atoms with E-state index in [0.29, 0.717) is 17.5 Å². The van der Waals surface area contributed by atoms with Crippen LogP contribution in [0.4, 0.5) is 0 Å². The van der Waals surface area contributed by atoms with E-state index in [1.54, 1.807) is 0 Å². The Morgan fingerprint density at radius 1 is 0.309 bits per heavy atom. The molecule has 15 rings (SSSR count). The molecule has 68 heavy (non-hydrogen) atoms. The molecule has 1 aliphatic carbocycles. The third-order valence-corrected chi connectivity index (χ3v) is 15.7. The van der Waals surface area contributed by atoms with Crippen LogP contribution in [0.15, 0.2) is 218 Å². The van der Waals surface area contributed by atoms with Gasteiger partial charge in [0, 0.05) is 42.8 Å². The Balaban J connectivity index is 0.987. The summed E-state index contributed by atoms with van der Waals surface area (Å²) in [5, 5.41) is 17.4. The molecule has 1 aliphatic rings. The van der Waals surface area contributed by atoms with E-state index in [1.807, 2.05) is 11.3 Å². The highest BCUT2D eigenvalue weighted by Gasteiger charge is 2.35. The lowest BCUT2D eigenvalue weighted by molar-refractivity contribution is 1.04. The van der Waals surface area contributed by atoms with E-state index >= 15 is 0 Å². The molecule has 0 radical (unpaired) electrons. The molecule has 0 bridgehead atoms. The van der Waals surface area contributed by atoms with Gasteiger partial charge in [0.1, 0.15) is 0 Å². The molecule has 14 aromatic rings. The highest BCUT2D eigenvalue weighted by Crippen LogP contribution is 2.56. The number of thiophene rings is 1. The first-order valence-corrected chi connectivity index (χ1v) is 24.1. The van der Waals surface area contributed by atoms with Crippen molar-refractivity contribution in [3.63, 3.8) is 0 Å². The van der Waals surface area contributed by atoms with E-state index in [0.717, 1.165) is 27.5 Å². The molecule has 1 unspecified atom stereocenters. The standard InChI is InChI=1S/C64H37N3S/c1-2-15-39-35-40(26-25-37(39)13-1)62-65-63(41-28-29-49-48-22-11-12-24-56(48)68-57(49)36-41)67-64(66-62)53-33-31-52(46-20-7-8-21-47(46)53)60-54-30-27-38-14-3-4-16-42(38)58(54)55-34-32-51-45-19-6-5-17-43(45)44-18-9-10-23-50(44)59(51)61(55)60/h1-36,60H. The summed E-state index contributed by atoms with van der Waals surface area (Å²) in [5.74, 6) is 1.92. The van der Waals surface area contributed by atoms with Crippen LogP contribution in [0.2, 0.25) is 0 Å². The van der Waals surface area contributed by atoms with Crippen LogP contribution in [-0.2, 0) is 0 Å². The van der Waals surface area contributed by atoms with Crippen molar-refractivity contribution in [3.8, 4) is 45.3 Å². The Kier molecular flexibility index (Phi) is 8.00. The largest absolute Gasteiger partial charge is 0.208 e. The van der Waals surface area contributed by atoms with E-state index in [-0.39, 0.29) is 5.92 Å². The smallest absolute Gasteiger partial charge is 0.164 e. The van der Waals surface area contributed by atoms with Gasteiger partial charge in [-0.3, -0.25) is 0 Å². The number of benzene rings is 12. The molecule has 4 heteroatoms. The van der Waals surface area contributed by atoms with Gasteiger partial charge in [-0.1, -0.05) is 200 Å². The highest BCUT2D eigenvalue weighted by molar-refractivity contribution is 7.25. The molecule has 0 spiro atoms. The Bertz CT molecular complexity index is 4430. The first-order chi connectivity index (χ1) is 33.7. The molecular weight excluding hydrogens is 843 g/mol. The second-order valence-corrected chi connectivity index (χ2v) is 19.2. The number of hydrogen-bond donors (Lipinski definition) is 0. The molecule has 2 aromatic heterocycles. The number of fused-ring (bicyclic) bond motifs is 17. The Hall–Kier alpha value is -8.57. The number of rotatable bonds is 4. The molecular formula is C64H37N3S. The predicted octanol–water partition coefficient (Wildman–Crippen LogP) is 17.3. The van der Waals surface area contributed by atoms with Gasteiger partial charge < -0.3 is 0 Å². The van der Waals surface area contributed by atoms with Crippen molar-refractivity contribution in [2.24, 2.45) is 0 Å². The maximum absolute atomic E-state index is 5.39. The van der Waals surface area contributed by atoms with Crippen molar-refractivity contribution in [2.45, 2.75) is 5.92 Å². The van der Waals surface area contributed by atoms with Crippen LogP contribution < -0.4 is 0 Å². The van der Waals surface area contributed by atoms with Gasteiger partial charge in [0.25, 0.3) is 0 Å². The number of hydrogen-bond acceptors (Lipinski definition) is 4. The predicted molar refractivity (Wildman–Crippen MR) is 287 cm³/mol. The van der Waals surface area contributed by atoms with Gasteiger partial charge >= 0.3 is 0 Å². The first-order valence-electron chi connectivity index (χ1n) is 23.3. The molecule has 12 aromatic carbocycles. The van der Waals surface area contributed by atoms with Gasteiger partial charge in [0.05, 0.1) is 0 Å². The van der Waals surface area contributed by atoms with Gasteiger partial charge in [-0.05, 0) is 111 Å². The topological polar surface area (TPSA) is 38.7 Å². The van der Waals surface area contributed by atoms with Crippen molar-refractivity contribution >= 4 is 96.1 Å². The minimum Gasteiger partial charge on any atom is -0.208 e. The van der Waals surface area contributed by atoms with Gasteiger partial charge in [-0.2, -0.15) is 0 Å². The maximum Gasteiger partial charge on any atom is 0.164 e. The van der Waals surface area contributed by atoms with E-state index in [1.165, 1.54) is 102 Å². The monoisotopic (exact) mass is 879 g/mol. The third kappa shape index (κ3) is 5.49. The summed E-state index contributed by atoms with van der Waals surface area (Å²) in [6, 6.07) is 80.0. The molecule has 3 nitrogen and oxygen atoms in total. The second kappa shape index (κ2) is 14.5. The van der Waals surface area contributed by atoms with Crippen molar-refractivity contribution in [1.29, 1.82) is 0 Å². The average Bonchev–Trinajstić information content (AvgIpc) is 3.96. The third-order valence-electron chi connectivity index (χ3n) is 14.6. The fourth-order valence-corrected chi connectivity index (χ4v) is 12.7. The van der Waals surface area contributed by atoms with E-state index in [9.17, 15) is 0 Å². The van der Waals surface area contributed by atoms with Crippen LogP contribution in [-0.4, -0.2) is 15.0 Å². The number of aromatic nitrogens is 3. The van der Waals surface area contributed by atoms with Crippen molar-refractivity contribution in [2.75, 3.05) is 0 Å². The summed E-state index contributed by atoms with van der Waals surface area (Å²) in [6.07, 6.45) is 0. The Labute approximate surface area is 395 Å². The van der Waals surface area contributed by atoms with Crippen molar-refractivity contribution in [3.05, 3.63) is 235 Å². The van der Waals surface area contributed by atoms with Crippen LogP contribution in [0, 0.1) is 0 Å². The van der Waals surface area contributed by atoms with Crippen LogP contribution in [0.3, 0.4) is 0 Å². The molecule has 314 valence electrons. The van der Waals surface area contributed by atoms with Crippen molar-refractivity contribution in [1.82, 2.24) is 15.0 Å². The van der Waals surface area contributed by atoms with Crippen LogP contribution in [0.1, 0.15) is 22.6 Å². The van der Waals surface area contributed by atoms with Gasteiger partial charge in [-0.15, -0.1) is 11.3 Å². The summed E-state index contributed by atoms with van der Waals surface area (Å²) in [4.78, 5) is 16.0. The average molecular weight is 880 g/mol. The van der Waals surface area contributed by atoms with Crippen LogP contribution in [0.5, 0.6) is 0 Å². The Morgan fingerprint density at radius 3 is 1.62 bits per heavy atom. The molecule has 0 N–H and O–H groups in total. The summed E-state index contributed by atoms with van der Waals surface area (Å²) in [7, 11) is 0. The van der Waals surface area contributed by atoms with Crippen LogP contribution in [0.25, 0.3) is 130 Å². The summed E-state index contributed by atoms with van der Waals surface area (Å²) < 4.78 is 2.49. The molecule has 0 fully saturated rings. The molecule has 0 amide bonds. The summed E-state index contributed by atoms with van der Waals surface area (Å²) in [6.45, 7) is 0. The maximum atomic E-state index is 5.39. The second-order valence-electron chi connectivity index (χ2n) is 18.1. The van der Waals surface area contributed by atoms with E-state index in [4.69, 9.17) is 15.0 Å². The molecule has 0 aliphatic heterocycles. The zero-order valence-corrected chi connectivity index (χ0v) is 37.4. The lowest BCUT2D eigenvalue weighted by Gasteiger charge is -2.22. The lowest BCUT2D eigenvalue weighted by Crippen LogP contribution is -2.04. The summed E-state index contributed by atoms with van der Waals surface area (Å²) >= 11 is 1.81. The van der Waals surface area contributed by atoms with Gasteiger partial charge in [-0.25, -0.2) is 15.0 Å². The van der Waals surface area contributed by atoms with E-state index < -0.39 is 0 Å². The summed E-state index contributed by atoms with van der Waals surface area (Å²) in [5.41, 5.74) is 9.50. The van der Waals surface area contributed by atoms with Crippen molar-refractivity contribution < 1.29 is 0 Å². The fourth-order valence-electron chi connectivity index (χ4n) is 11.6. The minimum atomic E-state index is -0.0352. The zero-order chi connectivity index (χ0) is 44.5. The van der Waals surface area contributed by atoms with Gasteiger partial charge in [0.15, 0.2) is 17.5 Å². The lowest BCUT2D eigenvalue weighted by atomic mass is 9.81. The molecule has 2 heterocycles. The highest BCUT2D eigenvalue weighted by atomic mass is 32.1. The molecule has 1 atom stereocenters. The minimum absolute atomic E-state index is 0.0352. The Morgan fingerprint density at radius 2 is 0.824 bits per heavy atom. The number of nitrogens with zero attached hydrogens (tertiary/aromatic N) is 3. The van der Waals surface area contributed by atoms with Crippen LogP contribution >= 0.6 is 11.3 Å². The fraction of sp³-hybridized carbons (Fsp3) is 0.0156. The quantitative estimate of drug-likeness (QED) is 0.165. The zero-order valence-electron chi connectivity index (χ0n) is 36.6. The van der Waals surface area contributed by atoms with Gasteiger partial charge in [0.2, 0.25) is 0 Å². The first kappa shape index (κ1) is 37.6.